The third-order valence-corrected chi connectivity index (χ3v) is 3.59. The maximum absolute atomic E-state index is 12.8. The molecular formula is C14H21FN2. The third-order valence-electron chi connectivity index (χ3n) is 3.59. The molecule has 2 unspecified atom stereocenters. The zero-order chi connectivity index (χ0) is 12.3. The second-order valence-corrected chi connectivity index (χ2v) is 5.22. The lowest BCUT2D eigenvalue weighted by molar-refractivity contribution is 0.252. The maximum atomic E-state index is 12.8. The molecule has 1 aliphatic heterocycles. The van der Waals surface area contributed by atoms with Crippen LogP contribution in [-0.4, -0.2) is 31.6 Å². The molecule has 0 amide bonds. The van der Waals surface area contributed by atoms with Gasteiger partial charge in [-0.15, -0.1) is 0 Å². The molecule has 0 bridgehead atoms. The fourth-order valence-electron chi connectivity index (χ4n) is 2.48. The summed E-state index contributed by atoms with van der Waals surface area (Å²) in [4.78, 5) is 2.32. The van der Waals surface area contributed by atoms with E-state index in [0.29, 0.717) is 0 Å². The largest absolute Gasteiger partial charge is 0.316 e. The van der Waals surface area contributed by atoms with Gasteiger partial charge >= 0.3 is 0 Å². The SMILES string of the molecule is CC1CNCC1CN(C)Cc1ccc(F)cc1. The summed E-state index contributed by atoms with van der Waals surface area (Å²) in [6.07, 6.45) is 0. The van der Waals surface area contributed by atoms with Gasteiger partial charge in [-0.25, -0.2) is 4.39 Å². The molecule has 1 heterocycles. The minimum atomic E-state index is -0.162. The van der Waals surface area contributed by atoms with Crippen LogP contribution in [-0.2, 0) is 6.54 Å². The van der Waals surface area contributed by atoms with Crippen LogP contribution in [0, 0.1) is 17.7 Å². The summed E-state index contributed by atoms with van der Waals surface area (Å²) >= 11 is 0. The molecule has 94 valence electrons. The Morgan fingerprint density at radius 3 is 2.59 bits per heavy atom. The monoisotopic (exact) mass is 236 g/mol. The molecule has 1 saturated heterocycles. The molecular weight excluding hydrogens is 215 g/mol. The van der Waals surface area contributed by atoms with Crippen LogP contribution in [0.3, 0.4) is 0 Å². The highest BCUT2D eigenvalue weighted by atomic mass is 19.1. The molecule has 2 nitrogen and oxygen atoms in total. The van der Waals surface area contributed by atoms with Gasteiger partial charge in [-0.3, -0.25) is 0 Å². The Hall–Kier alpha value is -0.930. The average molecular weight is 236 g/mol. The van der Waals surface area contributed by atoms with E-state index in [2.05, 4.69) is 24.2 Å². The molecule has 0 radical (unpaired) electrons. The molecule has 1 aromatic carbocycles. The highest BCUT2D eigenvalue weighted by Crippen LogP contribution is 2.17. The van der Waals surface area contributed by atoms with E-state index in [-0.39, 0.29) is 5.82 Å². The van der Waals surface area contributed by atoms with Crippen molar-refractivity contribution in [1.82, 2.24) is 10.2 Å². The first-order valence-corrected chi connectivity index (χ1v) is 6.29. The molecule has 17 heavy (non-hydrogen) atoms. The van der Waals surface area contributed by atoms with Crippen molar-refractivity contribution in [3.05, 3.63) is 35.6 Å². The van der Waals surface area contributed by atoms with Crippen LogP contribution in [0.25, 0.3) is 0 Å². The highest BCUT2D eigenvalue weighted by Gasteiger charge is 2.23. The van der Waals surface area contributed by atoms with Crippen LogP contribution in [0.5, 0.6) is 0 Å². The van der Waals surface area contributed by atoms with E-state index >= 15 is 0 Å². The van der Waals surface area contributed by atoms with Gasteiger partial charge in [-0.05, 0) is 49.7 Å². The molecule has 1 aliphatic rings. The van der Waals surface area contributed by atoms with E-state index in [1.54, 1.807) is 0 Å². The second-order valence-electron chi connectivity index (χ2n) is 5.22. The van der Waals surface area contributed by atoms with Gasteiger partial charge in [0.25, 0.3) is 0 Å². The van der Waals surface area contributed by atoms with E-state index in [9.17, 15) is 4.39 Å². The first kappa shape index (κ1) is 12.5. The molecule has 3 heteroatoms. The Balaban J connectivity index is 1.84. The van der Waals surface area contributed by atoms with Crippen molar-refractivity contribution in [3.63, 3.8) is 0 Å². The third kappa shape index (κ3) is 3.51. The zero-order valence-electron chi connectivity index (χ0n) is 10.6. The number of benzene rings is 1. The molecule has 1 N–H and O–H groups in total. The lowest BCUT2D eigenvalue weighted by Gasteiger charge is -2.23. The lowest BCUT2D eigenvalue weighted by atomic mass is 9.97. The number of hydrogen-bond donors (Lipinski definition) is 1. The van der Waals surface area contributed by atoms with Gasteiger partial charge in [0.2, 0.25) is 0 Å². The summed E-state index contributed by atoms with van der Waals surface area (Å²) in [5.41, 5.74) is 1.17. The predicted octanol–water partition coefficient (Wildman–Crippen LogP) is 2.11. The lowest BCUT2D eigenvalue weighted by Crippen LogP contribution is -2.28. The molecule has 0 spiro atoms. The first-order valence-electron chi connectivity index (χ1n) is 6.29. The Morgan fingerprint density at radius 2 is 2.00 bits per heavy atom. The summed E-state index contributed by atoms with van der Waals surface area (Å²) in [7, 11) is 2.13. The quantitative estimate of drug-likeness (QED) is 0.861. The highest BCUT2D eigenvalue weighted by molar-refractivity contribution is 5.15. The summed E-state index contributed by atoms with van der Waals surface area (Å²) in [6.45, 7) is 6.55. The number of rotatable bonds is 4. The molecule has 0 aromatic heterocycles. The van der Waals surface area contributed by atoms with Crippen molar-refractivity contribution >= 4 is 0 Å². The van der Waals surface area contributed by atoms with Crippen LogP contribution in [0.1, 0.15) is 12.5 Å². The Labute approximate surface area is 103 Å². The van der Waals surface area contributed by atoms with Crippen LogP contribution in [0.2, 0.25) is 0 Å². The van der Waals surface area contributed by atoms with E-state index in [1.807, 2.05) is 12.1 Å². The fourth-order valence-corrected chi connectivity index (χ4v) is 2.48. The predicted molar refractivity (Wildman–Crippen MR) is 68.3 cm³/mol. The minimum absolute atomic E-state index is 0.162. The smallest absolute Gasteiger partial charge is 0.123 e. The first-order chi connectivity index (χ1) is 8.15. The molecule has 0 saturated carbocycles. The Kier molecular flexibility index (Phi) is 4.13. The van der Waals surface area contributed by atoms with Gasteiger partial charge in [-0.2, -0.15) is 0 Å². The van der Waals surface area contributed by atoms with E-state index in [4.69, 9.17) is 0 Å². The number of hydrogen-bond acceptors (Lipinski definition) is 2. The van der Waals surface area contributed by atoms with Crippen LogP contribution < -0.4 is 5.32 Å². The number of nitrogens with zero attached hydrogens (tertiary/aromatic N) is 1. The van der Waals surface area contributed by atoms with Gasteiger partial charge in [0.1, 0.15) is 5.82 Å². The van der Waals surface area contributed by atoms with Crippen molar-refractivity contribution in [1.29, 1.82) is 0 Å². The minimum Gasteiger partial charge on any atom is -0.316 e. The maximum Gasteiger partial charge on any atom is 0.123 e. The Bertz CT molecular complexity index is 350. The van der Waals surface area contributed by atoms with Gasteiger partial charge in [-0.1, -0.05) is 19.1 Å². The van der Waals surface area contributed by atoms with Crippen molar-refractivity contribution in [2.75, 3.05) is 26.7 Å². The van der Waals surface area contributed by atoms with Crippen LogP contribution >= 0.6 is 0 Å². The summed E-state index contributed by atoms with van der Waals surface area (Å²) < 4.78 is 12.8. The summed E-state index contributed by atoms with van der Waals surface area (Å²) in [6, 6.07) is 6.79. The van der Waals surface area contributed by atoms with Crippen molar-refractivity contribution < 1.29 is 4.39 Å². The molecule has 0 aliphatic carbocycles. The normalized spacial score (nSPS) is 24.5. The Morgan fingerprint density at radius 1 is 1.29 bits per heavy atom. The van der Waals surface area contributed by atoms with Crippen LogP contribution in [0.4, 0.5) is 4.39 Å². The topological polar surface area (TPSA) is 15.3 Å². The van der Waals surface area contributed by atoms with E-state index in [0.717, 1.165) is 38.0 Å². The van der Waals surface area contributed by atoms with Crippen molar-refractivity contribution in [2.24, 2.45) is 11.8 Å². The number of halogens is 1. The average Bonchev–Trinajstić information content (AvgIpc) is 2.68. The number of nitrogens with one attached hydrogen (secondary N) is 1. The molecule has 2 atom stereocenters. The van der Waals surface area contributed by atoms with E-state index in [1.165, 1.54) is 17.7 Å². The fraction of sp³-hybridized carbons (Fsp3) is 0.571. The standard InChI is InChI=1S/C14H21FN2/c1-11-7-16-8-13(11)10-17(2)9-12-3-5-14(15)6-4-12/h3-6,11,13,16H,7-10H2,1-2H3. The zero-order valence-corrected chi connectivity index (χ0v) is 10.6. The second kappa shape index (κ2) is 5.61. The van der Waals surface area contributed by atoms with Gasteiger partial charge in [0, 0.05) is 13.1 Å². The summed E-state index contributed by atoms with van der Waals surface area (Å²) in [5, 5.41) is 3.42. The van der Waals surface area contributed by atoms with E-state index < -0.39 is 0 Å². The van der Waals surface area contributed by atoms with Gasteiger partial charge in [0.05, 0.1) is 0 Å². The van der Waals surface area contributed by atoms with Crippen molar-refractivity contribution in [3.8, 4) is 0 Å². The van der Waals surface area contributed by atoms with Gasteiger partial charge in [0.15, 0.2) is 0 Å². The van der Waals surface area contributed by atoms with Crippen molar-refractivity contribution in [2.45, 2.75) is 13.5 Å². The molecule has 1 aromatic rings. The molecule has 1 fully saturated rings. The molecule has 2 rings (SSSR count). The van der Waals surface area contributed by atoms with Crippen LogP contribution in [0.15, 0.2) is 24.3 Å². The van der Waals surface area contributed by atoms with Gasteiger partial charge < -0.3 is 10.2 Å². The summed E-state index contributed by atoms with van der Waals surface area (Å²) in [5.74, 6) is 1.33.